The SMILES string of the molecule is CN(C)CC1CC(O)CN1C(=O)NCc1ccccc1. The van der Waals surface area contributed by atoms with Gasteiger partial charge < -0.3 is 20.2 Å². The molecule has 0 spiro atoms. The van der Waals surface area contributed by atoms with E-state index in [4.69, 9.17) is 0 Å². The second-order valence-electron chi connectivity index (χ2n) is 5.60. The first-order valence-electron chi connectivity index (χ1n) is 6.97. The molecule has 1 heterocycles. The van der Waals surface area contributed by atoms with E-state index in [1.807, 2.05) is 49.3 Å². The lowest BCUT2D eigenvalue weighted by Gasteiger charge is -2.27. The van der Waals surface area contributed by atoms with Crippen molar-refractivity contribution in [3.63, 3.8) is 0 Å². The average molecular weight is 277 g/mol. The highest BCUT2D eigenvalue weighted by Gasteiger charge is 2.34. The molecule has 1 aliphatic heterocycles. The lowest BCUT2D eigenvalue weighted by molar-refractivity contribution is 0.166. The molecule has 5 heteroatoms. The zero-order valence-electron chi connectivity index (χ0n) is 12.1. The van der Waals surface area contributed by atoms with Gasteiger partial charge in [-0.25, -0.2) is 4.79 Å². The summed E-state index contributed by atoms with van der Waals surface area (Å²) in [6.07, 6.45) is 0.235. The Morgan fingerprint density at radius 1 is 1.40 bits per heavy atom. The van der Waals surface area contributed by atoms with E-state index in [0.717, 1.165) is 12.1 Å². The molecule has 0 bridgehead atoms. The van der Waals surface area contributed by atoms with E-state index in [2.05, 4.69) is 5.32 Å². The number of nitrogens with zero attached hydrogens (tertiary/aromatic N) is 2. The minimum Gasteiger partial charge on any atom is -0.391 e. The molecule has 2 atom stereocenters. The van der Waals surface area contributed by atoms with Crippen molar-refractivity contribution in [2.24, 2.45) is 0 Å². The quantitative estimate of drug-likeness (QED) is 0.859. The van der Waals surface area contributed by atoms with Crippen molar-refractivity contribution in [3.8, 4) is 0 Å². The van der Waals surface area contributed by atoms with Crippen LogP contribution >= 0.6 is 0 Å². The summed E-state index contributed by atoms with van der Waals surface area (Å²) in [5.74, 6) is 0. The number of β-amino-alcohol motifs (C(OH)–C–C–N with tert-alkyl or cyclic N) is 1. The van der Waals surface area contributed by atoms with Crippen LogP contribution in [0.25, 0.3) is 0 Å². The molecule has 0 saturated carbocycles. The van der Waals surface area contributed by atoms with Gasteiger partial charge in [-0.1, -0.05) is 30.3 Å². The summed E-state index contributed by atoms with van der Waals surface area (Å²) in [5, 5.41) is 12.7. The van der Waals surface area contributed by atoms with Crippen LogP contribution in [0.2, 0.25) is 0 Å². The van der Waals surface area contributed by atoms with Gasteiger partial charge in [0.1, 0.15) is 0 Å². The Hall–Kier alpha value is -1.59. The Morgan fingerprint density at radius 3 is 2.75 bits per heavy atom. The fraction of sp³-hybridized carbons (Fsp3) is 0.533. The van der Waals surface area contributed by atoms with Gasteiger partial charge in [-0.15, -0.1) is 0 Å². The molecule has 110 valence electrons. The van der Waals surface area contributed by atoms with E-state index < -0.39 is 6.10 Å². The summed E-state index contributed by atoms with van der Waals surface area (Å²) in [4.78, 5) is 16.0. The van der Waals surface area contributed by atoms with Crippen molar-refractivity contribution in [1.82, 2.24) is 15.1 Å². The third-order valence-electron chi connectivity index (χ3n) is 3.52. The number of benzene rings is 1. The van der Waals surface area contributed by atoms with Gasteiger partial charge in [0.15, 0.2) is 0 Å². The lowest BCUT2D eigenvalue weighted by Crippen LogP contribution is -2.46. The van der Waals surface area contributed by atoms with Crippen molar-refractivity contribution in [2.75, 3.05) is 27.2 Å². The van der Waals surface area contributed by atoms with Crippen LogP contribution in [0.3, 0.4) is 0 Å². The molecular formula is C15H23N3O2. The second kappa shape index (κ2) is 6.72. The van der Waals surface area contributed by atoms with Crippen LogP contribution < -0.4 is 5.32 Å². The Balaban J connectivity index is 1.90. The fourth-order valence-corrected chi connectivity index (χ4v) is 2.61. The molecule has 1 fully saturated rings. The number of urea groups is 1. The maximum absolute atomic E-state index is 12.2. The highest BCUT2D eigenvalue weighted by atomic mass is 16.3. The van der Waals surface area contributed by atoms with Gasteiger partial charge in [-0.2, -0.15) is 0 Å². The molecule has 5 nitrogen and oxygen atoms in total. The zero-order chi connectivity index (χ0) is 14.5. The van der Waals surface area contributed by atoms with Gasteiger partial charge in [0.25, 0.3) is 0 Å². The third-order valence-corrected chi connectivity index (χ3v) is 3.52. The number of hydrogen-bond acceptors (Lipinski definition) is 3. The number of likely N-dealkylation sites (tertiary alicyclic amines) is 1. The van der Waals surface area contributed by atoms with E-state index in [0.29, 0.717) is 19.5 Å². The molecule has 2 unspecified atom stereocenters. The first-order valence-corrected chi connectivity index (χ1v) is 6.97. The normalized spacial score (nSPS) is 22.3. The minimum absolute atomic E-state index is 0.0794. The number of carbonyl (C=O) groups excluding carboxylic acids is 1. The molecule has 2 amide bonds. The van der Waals surface area contributed by atoms with Crippen LogP contribution in [0.5, 0.6) is 0 Å². The summed E-state index contributed by atoms with van der Waals surface area (Å²) in [6.45, 7) is 1.70. The minimum atomic E-state index is -0.414. The largest absolute Gasteiger partial charge is 0.391 e. The van der Waals surface area contributed by atoms with E-state index in [1.165, 1.54) is 0 Å². The predicted molar refractivity (Wildman–Crippen MR) is 78.3 cm³/mol. The molecular weight excluding hydrogens is 254 g/mol. The maximum atomic E-state index is 12.2. The molecule has 0 aliphatic carbocycles. The van der Waals surface area contributed by atoms with Crippen molar-refractivity contribution in [1.29, 1.82) is 0 Å². The average Bonchev–Trinajstić information content (AvgIpc) is 2.77. The number of aliphatic hydroxyl groups excluding tert-OH is 1. The van der Waals surface area contributed by atoms with E-state index in [1.54, 1.807) is 4.90 Å². The highest BCUT2D eigenvalue weighted by molar-refractivity contribution is 5.75. The van der Waals surface area contributed by atoms with Crippen LogP contribution in [-0.2, 0) is 6.54 Å². The number of amides is 2. The molecule has 1 aliphatic rings. The summed E-state index contributed by atoms with van der Waals surface area (Å²) in [7, 11) is 3.95. The van der Waals surface area contributed by atoms with E-state index >= 15 is 0 Å². The van der Waals surface area contributed by atoms with E-state index in [9.17, 15) is 9.90 Å². The van der Waals surface area contributed by atoms with Crippen LogP contribution in [0.1, 0.15) is 12.0 Å². The van der Waals surface area contributed by atoms with Gasteiger partial charge in [-0.3, -0.25) is 0 Å². The van der Waals surface area contributed by atoms with Crippen LogP contribution in [0.4, 0.5) is 4.79 Å². The Kier molecular flexibility index (Phi) is 4.98. The maximum Gasteiger partial charge on any atom is 0.318 e. The van der Waals surface area contributed by atoms with Crippen LogP contribution in [-0.4, -0.2) is 60.3 Å². The number of aliphatic hydroxyl groups is 1. The van der Waals surface area contributed by atoms with Gasteiger partial charge in [0, 0.05) is 25.7 Å². The van der Waals surface area contributed by atoms with Gasteiger partial charge in [0.05, 0.1) is 6.10 Å². The summed E-state index contributed by atoms with van der Waals surface area (Å²) in [6, 6.07) is 9.81. The smallest absolute Gasteiger partial charge is 0.318 e. The Morgan fingerprint density at radius 2 is 2.10 bits per heavy atom. The number of rotatable bonds is 4. The Labute approximate surface area is 120 Å². The Bertz CT molecular complexity index is 436. The number of carbonyl (C=O) groups is 1. The van der Waals surface area contributed by atoms with Crippen LogP contribution in [0.15, 0.2) is 30.3 Å². The first kappa shape index (κ1) is 14.8. The van der Waals surface area contributed by atoms with Crippen molar-refractivity contribution >= 4 is 6.03 Å². The number of nitrogens with one attached hydrogen (secondary N) is 1. The first-order chi connectivity index (χ1) is 9.56. The zero-order valence-corrected chi connectivity index (χ0v) is 12.1. The van der Waals surface area contributed by atoms with Gasteiger partial charge >= 0.3 is 6.03 Å². The van der Waals surface area contributed by atoms with Crippen molar-refractivity contribution in [2.45, 2.75) is 25.1 Å². The molecule has 0 radical (unpaired) electrons. The number of likely N-dealkylation sites (N-methyl/N-ethyl adjacent to an activating group) is 1. The molecule has 1 aromatic carbocycles. The second-order valence-corrected chi connectivity index (χ2v) is 5.60. The predicted octanol–water partition coefficient (Wildman–Crippen LogP) is 0.893. The number of hydrogen-bond donors (Lipinski definition) is 2. The molecule has 0 aromatic heterocycles. The monoisotopic (exact) mass is 277 g/mol. The van der Waals surface area contributed by atoms with Crippen molar-refractivity contribution < 1.29 is 9.90 Å². The summed E-state index contributed by atoms with van der Waals surface area (Å²) in [5.41, 5.74) is 1.07. The highest BCUT2D eigenvalue weighted by Crippen LogP contribution is 2.18. The third kappa shape index (κ3) is 3.95. The van der Waals surface area contributed by atoms with Crippen molar-refractivity contribution in [3.05, 3.63) is 35.9 Å². The van der Waals surface area contributed by atoms with Crippen LogP contribution in [0, 0.1) is 0 Å². The molecule has 20 heavy (non-hydrogen) atoms. The molecule has 1 aromatic rings. The fourth-order valence-electron chi connectivity index (χ4n) is 2.61. The standard InChI is InChI=1S/C15H23N3O2/c1-17(2)10-13-8-14(19)11-18(13)15(20)16-9-12-6-4-3-5-7-12/h3-7,13-14,19H,8-11H2,1-2H3,(H,16,20). The summed E-state index contributed by atoms with van der Waals surface area (Å²) >= 11 is 0. The molecule has 2 rings (SSSR count). The molecule has 2 N–H and O–H groups in total. The van der Waals surface area contributed by atoms with E-state index in [-0.39, 0.29) is 12.1 Å². The van der Waals surface area contributed by atoms with Gasteiger partial charge in [-0.05, 0) is 26.1 Å². The topological polar surface area (TPSA) is 55.8 Å². The summed E-state index contributed by atoms with van der Waals surface area (Å²) < 4.78 is 0. The van der Waals surface area contributed by atoms with Gasteiger partial charge in [0.2, 0.25) is 0 Å². The lowest BCUT2D eigenvalue weighted by atomic mass is 10.2. The molecule has 1 saturated heterocycles.